The van der Waals surface area contributed by atoms with Crippen LogP contribution in [0.5, 0.6) is 5.75 Å². The lowest BCUT2D eigenvalue weighted by atomic mass is 10.2. The van der Waals surface area contributed by atoms with E-state index in [2.05, 4.69) is 20.6 Å². The fraction of sp³-hybridized carbons (Fsp3) is 0.227. The lowest BCUT2D eigenvalue weighted by molar-refractivity contribution is 0.102. The largest absolute Gasteiger partial charge is 0.491 e. The Bertz CT molecular complexity index is 973. The first-order valence-electron chi connectivity index (χ1n) is 9.31. The number of hydrogen-bond acceptors (Lipinski definition) is 5. The van der Waals surface area contributed by atoms with E-state index < -0.39 is 0 Å². The summed E-state index contributed by atoms with van der Waals surface area (Å²) in [7, 11) is 0. The second-order valence-corrected chi connectivity index (χ2v) is 6.81. The van der Waals surface area contributed by atoms with Crippen molar-refractivity contribution in [2.24, 2.45) is 0 Å². The van der Waals surface area contributed by atoms with Crippen molar-refractivity contribution in [1.29, 1.82) is 0 Å². The van der Waals surface area contributed by atoms with Crippen molar-refractivity contribution >= 4 is 17.4 Å². The third-order valence-electron chi connectivity index (χ3n) is 3.94. The van der Waals surface area contributed by atoms with Gasteiger partial charge in [-0.3, -0.25) is 4.79 Å². The average Bonchev–Trinajstić information content (AvgIpc) is 2.68. The van der Waals surface area contributed by atoms with Crippen LogP contribution >= 0.6 is 0 Å². The molecule has 0 spiro atoms. The SMILES string of the molecule is Cc1nc(NCc2ccc(F)cc2)cc(C(=O)Nc2ccc(OC(C)C)cc2)n1. The molecule has 0 atom stereocenters. The Hall–Kier alpha value is -3.48. The van der Waals surface area contributed by atoms with E-state index in [1.54, 1.807) is 49.4 Å². The van der Waals surface area contributed by atoms with Crippen LogP contribution < -0.4 is 15.4 Å². The molecule has 1 aromatic heterocycles. The lowest BCUT2D eigenvalue weighted by Crippen LogP contribution is -2.16. The zero-order valence-electron chi connectivity index (χ0n) is 16.6. The molecule has 1 heterocycles. The molecule has 150 valence electrons. The highest BCUT2D eigenvalue weighted by Crippen LogP contribution is 2.18. The molecule has 0 fully saturated rings. The number of nitrogens with one attached hydrogen (secondary N) is 2. The first kappa shape index (κ1) is 20.3. The van der Waals surface area contributed by atoms with Crippen molar-refractivity contribution in [1.82, 2.24) is 9.97 Å². The van der Waals surface area contributed by atoms with Crippen molar-refractivity contribution in [2.45, 2.75) is 33.4 Å². The molecule has 0 aliphatic carbocycles. The maximum Gasteiger partial charge on any atom is 0.274 e. The van der Waals surface area contributed by atoms with Gasteiger partial charge in [-0.15, -0.1) is 0 Å². The van der Waals surface area contributed by atoms with Gasteiger partial charge in [-0.1, -0.05) is 12.1 Å². The predicted molar refractivity (Wildman–Crippen MR) is 111 cm³/mol. The highest BCUT2D eigenvalue weighted by molar-refractivity contribution is 6.03. The Labute approximate surface area is 169 Å². The highest BCUT2D eigenvalue weighted by Gasteiger charge is 2.11. The molecule has 1 amide bonds. The minimum atomic E-state index is -0.335. The van der Waals surface area contributed by atoms with Gasteiger partial charge in [-0.2, -0.15) is 0 Å². The molecule has 0 aliphatic heterocycles. The fourth-order valence-electron chi connectivity index (χ4n) is 2.65. The van der Waals surface area contributed by atoms with Crippen molar-refractivity contribution in [3.05, 3.63) is 77.5 Å². The van der Waals surface area contributed by atoms with E-state index in [4.69, 9.17) is 4.74 Å². The lowest BCUT2D eigenvalue weighted by Gasteiger charge is -2.11. The number of halogens is 1. The second-order valence-electron chi connectivity index (χ2n) is 6.81. The molecule has 0 bridgehead atoms. The molecule has 6 nitrogen and oxygen atoms in total. The highest BCUT2D eigenvalue weighted by atomic mass is 19.1. The van der Waals surface area contributed by atoms with Gasteiger partial charge in [0, 0.05) is 18.3 Å². The number of aromatic nitrogens is 2. The molecule has 2 aromatic carbocycles. The molecule has 0 radical (unpaired) electrons. The van der Waals surface area contributed by atoms with Crippen molar-refractivity contribution in [3.8, 4) is 5.75 Å². The molecule has 3 aromatic rings. The Balaban J connectivity index is 1.66. The summed E-state index contributed by atoms with van der Waals surface area (Å²) < 4.78 is 18.6. The van der Waals surface area contributed by atoms with Gasteiger partial charge in [-0.05, 0) is 62.7 Å². The molecule has 7 heteroatoms. The van der Waals surface area contributed by atoms with Gasteiger partial charge in [0.25, 0.3) is 5.91 Å². The summed E-state index contributed by atoms with van der Waals surface area (Å²) in [4.78, 5) is 21.1. The molecule has 0 saturated carbocycles. The van der Waals surface area contributed by atoms with E-state index >= 15 is 0 Å². The van der Waals surface area contributed by atoms with Crippen LogP contribution in [0.4, 0.5) is 15.9 Å². The summed E-state index contributed by atoms with van der Waals surface area (Å²) in [5.41, 5.74) is 1.79. The van der Waals surface area contributed by atoms with E-state index in [0.717, 1.165) is 11.3 Å². The number of anilines is 2. The number of hydrogen-bond donors (Lipinski definition) is 2. The van der Waals surface area contributed by atoms with Gasteiger partial charge in [0.1, 0.15) is 28.9 Å². The first-order chi connectivity index (χ1) is 13.9. The summed E-state index contributed by atoms with van der Waals surface area (Å²) in [6, 6.07) is 14.9. The smallest absolute Gasteiger partial charge is 0.274 e. The van der Waals surface area contributed by atoms with E-state index in [-0.39, 0.29) is 23.5 Å². The van der Waals surface area contributed by atoms with Crippen molar-refractivity contribution < 1.29 is 13.9 Å². The number of nitrogens with zero attached hydrogens (tertiary/aromatic N) is 2. The number of amides is 1. The quantitative estimate of drug-likeness (QED) is 0.614. The number of carbonyl (C=O) groups excluding carboxylic acids is 1. The average molecular weight is 394 g/mol. The van der Waals surface area contributed by atoms with Gasteiger partial charge in [0.15, 0.2) is 0 Å². The van der Waals surface area contributed by atoms with E-state index in [9.17, 15) is 9.18 Å². The van der Waals surface area contributed by atoms with Crippen LogP contribution in [0.2, 0.25) is 0 Å². The Kier molecular flexibility index (Phi) is 6.39. The fourth-order valence-corrected chi connectivity index (χ4v) is 2.65. The topological polar surface area (TPSA) is 76.1 Å². The van der Waals surface area contributed by atoms with Crippen molar-refractivity contribution in [3.63, 3.8) is 0 Å². The molecule has 0 saturated heterocycles. The van der Waals surface area contributed by atoms with Gasteiger partial charge >= 0.3 is 0 Å². The van der Waals surface area contributed by atoms with Crippen LogP contribution in [-0.2, 0) is 6.54 Å². The Morgan fingerprint density at radius 1 is 1.07 bits per heavy atom. The van der Waals surface area contributed by atoms with Gasteiger partial charge in [-0.25, -0.2) is 14.4 Å². The standard InChI is InChI=1S/C22H23FN4O2/c1-14(2)29-19-10-8-18(9-11-19)27-22(28)20-12-21(26-15(3)25-20)24-13-16-4-6-17(23)7-5-16/h4-12,14H,13H2,1-3H3,(H,27,28)(H,24,25,26). The molecular formula is C22H23FN4O2. The molecule has 0 unspecified atom stereocenters. The molecular weight excluding hydrogens is 371 g/mol. The van der Waals surface area contributed by atoms with Crippen LogP contribution in [-0.4, -0.2) is 22.0 Å². The third-order valence-corrected chi connectivity index (χ3v) is 3.94. The Morgan fingerprint density at radius 3 is 2.41 bits per heavy atom. The predicted octanol–water partition coefficient (Wildman–Crippen LogP) is 4.58. The van der Waals surface area contributed by atoms with Crippen LogP contribution in [0.1, 0.15) is 35.7 Å². The Morgan fingerprint density at radius 2 is 1.76 bits per heavy atom. The number of rotatable bonds is 7. The maximum atomic E-state index is 13.0. The summed E-state index contributed by atoms with van der Waals surface area (Å²) in [6.45, 7) is 6.08. The second kappa shape index (κ2) is 9.14. The zero-order chi connectivity index (χ0) is 20.8. The molecule has 3 rings (SSSR count). The van der Waals surface area contributed by atoms with Crippen LogP contribution in [0.15, 0.2) is 54.6 Å². The number of aryl methyl sites for hydroxylation is 1. The summed E-state index contributed by atoms with van der Waals surface area (Å²) in [5, 5.41) is 5.95. The number of benzene rings is 2. The summed E-state index contributed by atoms with van der Waals surface area (Å²) >= 11 is 0. The zero-order valence-corrected chi connectivity index (χ0v) is 16.6. The van der Waals surface area contributed by atoms with Gasteiger partial charge in [0.2, 0.25) is 0 Å². The molecule has 29 heavy (non-hydrogen) atoms. The number of ether oxygens (including phenoxy) is 1. The summed E-state index contributed by atoms with van der Waals surface area (Å²) in [5.74, 6) is 1.11. The van der Waals surface area contributed by atoms with Crippen LogP contribution in [0, 0.1) is 12.7 Å². The monoisotopic (exact) mass is 394 g/mol. The summed E-state index contributed by atoms with van der Waals surface area (Å²) in [6.07, 6.45) is 0.0836. The minimum Gasteiger partial charge on any atom is -0.491 e. The first-order valence-corrected chi connectivity index (χ1v) is 9.31. The van der Waals surface area contributed by atoms with E-state index in [1.165, 1.54) is 12.1 Å². The van der Waals surface area contributed by atoms with Crippen LogP contribution in [0.25, 0.3) is 0 Å². The normalized spacial score (nSPS) is 10.7. The number of carbonyl (C=O) groups is 1. The van der Waals surface area contributed by atoms with E-state index in [1.807, 2.05) is 13.8 Å². The van der Waals surface area contributed by atoms with Crippen LogP contribution in [0.3, 0.4) is 0 Å². The van der Waals surface area contributed by atoms with E-state index in [0.29, 0.717) is 23.9 Å². The molecule has 2 N–H and O–H groups in total. The van der Waals surface area contributed by atoms with Crippen molar-refractivity contribution in [2.75, 3.05) is 10.6 Å². The minimum absolute atomic E-state index is 0.0836. The third kappa shape index (κ3) is 6.00. The molecule has 0 aliphatic rings. The van der Waals surface area contributed by atoms with Gasteiger partial charge in [0.05, 0.1) is 6.10 Å². The van der Waals surface area contributed by atoms with Gasteiger partial charge < -0.3 is 15.4 Å². The maximum absolute atomic E-state index is 13.0.